The molecule has 0 radical (unpaired) electrons. The summed E-state index contributed by atoms with van der Waals surface area (Å²) in [6.07, 6.45) is -2.36. The number of hydrogen-bond acceptors (Lipinski definition) is 3. The monoisotopic (exact) mass is 233 g/mol. The second-order valence-corrected chi connectivity index (χ2v) is 3.17. The number of pyridine rings is 1. The van der Waals surface area contributed by atoms with Gasteiger partial charge in [-0.3, -0.25) is 9.78 Å². The number of methoxy groups -OCH3 is 1. The fourth-order valence-electron chi connectivity index (χ4n) is 1.21. The van der Waals surface area contributed by atoms with Crippen LogP contribution in [0.25, 0.3) is 0 Å². The van der Waals surface area contributed by atoms with E-state index in [2.05, 4.69) is 9.72 Å². The molecule has 0 amide bonds. The van der Waals surface area contributed by atoms with Crippen LogP contribution in [0.15, 0.2) is 6.20 Å². The van der Waals surface area contributed by atoms with E-state index in [1.165, 1.54) is 6.92 Å². The molecule has 0 saturated carbocycles. The van der Waals surface area contributed by atoms with Crippen molar-refractivity contribution in [2.75, 3.05) is 7.11 Å². The van der Waals surface area contributed by atoms with Gasteiger partial charge in [0.15, 0.2) is 0 Å². The van der Waals surface area contributed by atoms with Gasteiger partial charge in [0.2, 0.25) is 0 Å². The summed E-state index contributed by atoms with van der Waals surface area (Å²) < 4.78 is 42.9. The third-order valence-electron chi connectivity index (χ3n) is 2.07. The topological polar surface area (TPSA) is 39.2 Å². The average Bonchev–Trinajstić information content (AvgIpc) is 2.23. The molecule has 1 aromatic heterocycles. The summed E-state index contributed by atoms with van der Waals surface area (Å²) in [5.41, 5.74) is -1.10. The summed E-state index contributed by atoms with van der Waals surface area (Å²) in [7, 11) is 1.12. The number of rotatable bonds is 3. The van der Waals surface area contributed by atoms with Crippen LogP contribution < -0.4 is 0 Å². The van der Waals surface area contributed by atoms with Crippen LogP contribution in [-0.4, -0.2) is 18.1 Å². The number of carbonyl (C=O) groups is 1. The van der Waals surface area contributed by atoms with Crippen LogP contribution in [0.5, 0.6) is 0 Å². The van der Waals surface area contributed by atoms with Gasteiger partial charge in [0, 0.05) is 11.8 Å². The molecule has 0 aliphatic carbocycles. The Kier molecular flexibility index (Phi) is 3.87. The summed E-state index contributed by atoms with van der Waals surface area (Å²) in [4.78, 5) is 14.6. The first-order valence-corrected chi connectivity index (χ1v) is 4.46. The van der Waals surface area contributed by atoms with Crippen LogP contribution in [-0.2, 0) is 16.0 Å². The molecule has 0 aromatic carbocycles. The van der Waals surface area contributed by atoms with E-state index >= 15 is 0 Å². The predicted octanol–water partition coefficient (Wildman–Crippen LogP) is 2.18. The number of aryl methyl sites for hydroxylation is 1. The molecule has 0 N–H and O–H groups in total. The van der Waals surface area contributed by atoms with E-state index < -0.39 is 30.2 Å². The van der Waals surface area contributed by atoms with Gasteiger partial charge >= 0.3 is 5.97 Å². The van der Waals surface area contributed by atoms with Crippen molar-refractivity contribution in [1.29, 1.82) is 0 Å². The van der Waals surface area contributed by atoms with Crippen LogP contribution in [0.2, 0.25) is 0 Å². The van der Waals surface area contributed by atoms with Gasteiger partial charge in [-0.1, -0.05) is 0 Å². The molecule has 0 aliphatic rings. The molecule has 1 aromatic rings. The summed E-state index contributed by atoms with van der Waals surface area (Å²) in [6, 6.07) is 0. The van der Waals surface area contributed by atoms with Crippen molar-refractivity contribution in [1.82, 2.24) is 4.98 Å². The number of ether oxygens (including phenoxy) is 1. The van der Waals surface area contributed by atoms with Crippen LogP contribution >= 0.6 is 0 Å². The third-order valence-corrected chi connectivity index (χ3v) is 2.07. The Labute approximate surface area is 90.2 Å². The molecular weight excluding hydrogens is 223 g/mol. The Morgan fingerprint density at radius 2 is 2.19 bits per heavy atom. The lowest BCUT2D eigenvalue weighted by Crippen LogP contribution is -2.11. The number of nitrogens with zero attached hydrogens (tertiary/aromatic N) is 1. The molecule has 1 heterocycles. The molecule has 6 heteroatoms. The van der Waals surface area contributed by atoms with E-state index in [4.69, 9.17) is 0 Å². The molecule has 0 saturated heterocycles. The van der Waals surface area contributed by atoms with Gasteiger partial charge in [0.1, 0.15) is 5.82 Å². The van der Waals surface area contributed by atoms with E-state index in [9.17, 15) is 18.0 Å². The van der Waals surface area contributed by atoms with Gasteiger partial charge in [-0.05, 0) is 6.92 Å². The lowest BCUT2D eigenvalue weighted by Gasteiger charge is -2.09. The van der Waals surface area contributed by atoms with Crippen LogP contribution in [0.1, 0.15) is 23.2 Å². The second-order valence-electron chi connectivity index (χ2n) is 3.17. The first-order chi connectivity index (χ1) is 7.47. The minimum atomic E-state index is -3.01. The highest BCUT2D eigenvalue weighted by Gasteiger charge is 2.22. The lowest BCUT2D eigenvalue weighted by atomic mass is 10.1. The Balaban J connectivity index is 3.18. The molecule has 0 atom stereocenters. The minimum Gasteiger partial charge on any atom is -0.469 e. The van der Waals surface area contributed by atoms with Crippen molar-refractivity contribution in [2.24, 2.45) is 0 Å². The fourth-order valence-corrected chi connectivity index (χ4v) is 1.21. The minimum absolute atomic E-state index is 0.0175. The van der Waals surface area contributed by atoms with Gasteiger partial charge in [0.25, 0.3) is 6.43 Å². The molecule has 1 rings (SSSR count). The number of aromatic nitrogens is 1. The molecule has 0 aliphatic heterocycles. The Bertz CT molecular complexity index is 407. The summed E-state index contributed by atoms with van der Waals surface area (Å²) in [5, 5.41) is 0. The molecule has 0 spiro atoms. The molecule has 0 bridgehead atoms. The third kappa shape index (κ3) is 2.50. The van der Waals surface area contributed by atoms with Crippen LogP contribution in [0.4, 0.5) is 13.2 Å². The zero-order valence-electron chi connectivity index (χ0n) is 8.76. The zero-order chi connectivity index (χ0) is 12.3. The maximum absolute atomic E-state index is 13.4. The highest BCUT2D eigenvalue weighted by atomic mass is 19.3. The van der Waals surface area contributed by atoms with Crippen molar-refractivity contribution in [3.05, 3.63) is 28.8 Å². The average molecular weight is 233 g/mol. The first kappa shape index (κ1) is 12.5. The highest BCUT2D eigenvalue weighted by Crippen LogP contribution is 2.26. The van der Waals surface area contributed by atoms with E-state index in [0.717, 1.165) is 13.3 Å². The number of esters is 1. The molecular formula is C10H10F3NO2. The van der Waals surface area contributed by atoms with Crippen molar-refractivity contribution >= 4 is 5.97 Å². The van der Waals surface area contributed by atoms with Crippen LogP contribution in [0, 0.1) is 12.7 Å². The molecule has 0 fully saturated rings. The SMILES string of the molecule is COC(=O)Cc1ncc(C)c(F)c1C(F)F. The van der Waals surface area contributed by atoms with Crippen LogP contribution in [0.3, 0.4) is 0 Å². The molecule has 88 valence electrons. The van der Waals surface area contributed by atoms with Gasteiger partial charge < -0.3 is 4.74 Å². The van der Waals surface area contributed by atoms with Crippen molar-refractivity contribution < 1.29 is 22.7 Å². The first-order valence-electron chi connectivity index (χ1n) is 4.46. The molecule has 3 nitrogen and oxygen atoms in total. The van der Waals surface area contributed by atoms with Crippen molar-refractivity contribution in [3.63, 3.8) is 0 Å². The highest BCUT2D eigenvalue weighted by molar-refractivity contribution is 5.72. The number of halogens is 3. The zero-order valence-corrected chi connectivity index (χ0v) is 8.76. The number of alkyl halides is 2. The normalized spacial score (nSPS) is 10.6. The van der Waals surface area contributed by atoms with Gasteiger partial charge in [-0.2, -0.15) is 0 Å². The van der Waals surface area contributed by atoms with E-state index in [1.54, 1.807) is 0 Å². The number of carbonyl (C=O) groups excluding carboxylic acids is 1. The lowest BCUT2D eigenvalue weighted by molar-refractivity contribution is -0.139. The van der Waals surface area contributed by atoms with Crippen molar-refractivity contribution in [3.8, 4) is 0 Å². The predicted molar refractivity (Wildman–Crippen MR) is 49.6 cm³/mol. The van der Waals surface area contributed by atoms with E-state index in [0.29, 0.717) is 0 Å². The number of hydrogen-bond donors (Lipinski definition) is 0. The smallest absolute Gasteiger partial charge is 0.311 e. The quantitative estimate of drug-likeness (QED) is 0.751. The summed E-state index contributed by atoms with van der Waals surface area (Å²) >= 11 is 0. The Morgan fingerprint density at radius 1 is 1.56 bits per heavy atom. The van der Waals surface area contributed by atoms with Crippen molar-refractivity contribution in [2.45, 2.75) is 19.8 Å². The van der Waals surface area contributed by atoms with Gasteiger partial charge in [-0.25, -0.2) is 13.2 Å². The maximum Gasteiger partial charge on any atom is 0.311 e. The Hall–Kier alpha value is -1.59. The van der Waals surface area contributed by atoms with E-state index in [1.807, 2.05) is 0 Å². The standard InChI is InChI=1S/C10H10F3NO2/c1-5-4-14-6(3-7(15)16-2)8(9(5)11)10(12)13/h4,10H,3H2,1-2H3. The van der Waals surface area contributed by atoms with Gasteiger partial charge in [-0.15, -0.1) is 0 Å². The Morgan fingerprint density at radius 3 is 2.69 bits per heavy atom. The maximum atomic E-state index is 13.4. The summed E-state index contributed by atoms with van der Waals surface area (Å²) in [5.74, 6) is -1.76. The van der Waals surface area contributed by atoms with Gasteiger partial charge in [0.05, 0.1) is 24.8 Å². The molecule has 16 heavy (non-hydrogen) atoms. The van der Waals surface area contributed by atoms with E-state index in [-0.39, 0.29) is 11.3 Å². The largest absolute Gasteiger partial charge is 0.469 e. The summed E-state index contributed by atoms with van der Waals surface area (Å²) in [6.45, 7) is 1.33. The molecule has 0 unspecified atom stereocenters. The second kappa shape index (κ2) is 4.96. The fraction of sp³-hybridized carbons (Fsp3) is 0.400.